The van der Waals surface area contributed by atoms with Gasteiger partial charge in [-0.15, -0.1) is 5.10 Å². The summed E-state index contributed by atoms with van der Waals surface area (Å²) in [5.41, 5.74) is 10.3. The van der Waals surface area contributed by atoms with Crippen LogP contribution in [0.3, 0.4) is 0 Å². The summed E-state index contributed by atoms with van der Waals surface area (Å²) in [6, 6.07) is 10.4. The zero-order valence-corrected chi connectivity index (χ0v) is 11.1. The van der Waals surface area contributed by atoms with Crippen molar-refractivity contribution >= 4 is 11.5 Å². The lowest BCUT2D eigenvalue weighted by Gasteiger charge is -2.27. The van der Waals surface area contributed by atoms with Crippen LogP contribution < -0.4 is 11.1 Å². The average Bonchev–Trinajstić information content (AvgIpc) is 2.41. The molecule has 1 heterocycles. The molecule has 4 heteroatoms. The van der Waals surface area contributed by atoms with Crippen molar-refractivity contribution < 1.29 is 0 Å². The van der Waals surface area contributed by atoms with Gasteiger partial charge in [-0.1, -0.05) is 6.07 Å². The second-order valence-electron chi connectivity index (χ2n) is 5.11. The SMILES string of the molecule is Cc1ccc(NC2CCCc3cc(N)ccc32)nn1. The predicted octanol–water partition coefficient (Wildman–Crippen LogP) is 2.86. The number of fused-ring (bicyclic) bond motifs is 1. The van der Waals surface area contributed by atoms with Crippen molar-refractivity contribution in [2.75, 3.05) is 11.1 Å². The van der Waals surface area contributed by atoms with E-state index in [1.165, 1.54) is 17.5 Å². The van der Waals surface area contributed by atoms with Crippen LogP contribution in [0.15, 0.2) is 30.3 Å². The summed E-state index contributed by atoms with van der Waals surface area (Å²) in [6.07, 6.45) is 3.40. The second kappa shape index (κ2) is 4.88. The van der Waals surface area contributed by atoms with Crippen LogP contribution in [0.5, 0.6) is 0 Å². The minimum absolute atomic E-state index is 0.307. The topological polar surface area (TPSA) is 63.8 Å². The molecular formula is C15H18N4. The van der Waals surface area contributed by atoms with E-state index in [2.05, 4.69) is 27.6 Å². The lowest BCUT2D eigenvalue weighted by atomic mass is 9.87. The smallest absolute Gasteiger partial charge is 0.149 e. The fraction of sp³-hybridized carbons (Fsp3) is 0.333. The first-order valence-electron chi connectivity index (χ1n) is 6.67. The van der Waals surface area contributed by atoms with Crippen LogP contribution in [-0.4, -0.2) is 10.2 Å². The van der Waals surface area contributed by atoms with Crippen molar-refractivity contribution in [3.05, 3.63) is 47.2 Å². The van der Waals surface area contributed by atoms with Crippen molar-refractivity contribution in [1.29, 1.82) is 0 Å². The molecule has 0 amide bonds. The molecule has 0 radical (unpaired) electrons. The van der Waals surface area contributed by atoms with Crippen molar-refractivity contribution in [3.8, 4) is 0 Å². The number of nitrogen functional groups attached to an aromatic ring is 1. The maximum absolute atomic E-state index is 5.85. The fourth-order valence-electron chi connectivity index (χ4n) is 2.64. The molecule has 1 atom stereocenters. The zero-order valence-electron chi connectivity index (χ0n) is 11.1. The Hall–Kier alpha value is -2.10. The van der Waals surface area contributed by atoms with Crippen LogP contribution >= 0.6 is 0 Å². The van der Waals surface area contributed by atoms with Gasteiger partial charge in [0.2, 0.25) is 0 Å². The van der Waals surface area contributed by atoms with Gasteiger partial charge >= 0.3 is 0 Å². The number of nitrogens with one attached hydrogen (secondary N) is 1. The highest BCUT2D eigenvalue weighted by molar-refractivity contribution is 5.49. The highest BCUT2D eigenvalue weighted by Crippen LogP contribution is 2.32. The van der Waals surface area contributed by atoms with Crippen LogP contribution in [0.2, 0.25) is 0 Å². The number of hydrogen-bond donors (Lipinski definition) is 2. The zero-order chi connectivity index (χ0) is 13.2. The van der Waals surface area contributed by atoms with E-state index in [1.807, 2.05) is 25.1 Å². The molecule has 0 saturated carbocycles. The lowest BCUT2D eigenvalue weighted by molar-refractivity contribution is 0.598. The minimum Gasteiger partial charge on any atom is -0.399 e. The van der Waals surface area contributed by atoms with Crippen LogP contribution in [0.25, 0.3) is 0 Å². The third-order valence-corrected chi connectivity index (χ3v) is 3.60. The Morgan fingerprint density at radius 3 is 2.89 bits per heavy atom. The quantitative estimate of drug-likeness (QED) is 0.809. The van der Waals surface area contributed by atoms with Gasteiger partial charge in [-0.05, 0) is 61.6 Å². The summed E-state index contributed by atoms with van der Waals surface area (Å²) in [5.74, 6) is 0.834. The van der Waals surface area contributed by atoms with Gasteiger partial charge in [-0.2, -0.15) is 5.10 Å². The summed E-state index contributed by atoms with van der Waals surface area (Å²) in [7, 11) is 0. The van der Waals surface area contributed by atoms with E-state index >= 15 is 0 Å². The molecule has 1 unspecified atom stereocenters. The molecule has 0 spiro atoms. The normalized spacial score (nSPS) is 17.8. The van der Waals surface area contributed by atoms with E-state index in [9.17, 15) is 0 Å². The van der Waals surface area contributed by atoms with E-state index in [-0.39, 0.29) is 0 Å². The fourth-order valence-corrected chi connectivity index (χ4v) is 2.64. The van der Waals surface area contributed by atoms with Gasteiger partial charge in [0.05, 0.1) is 11.7 Å². The average molecular weight is 254 g/mol. The minimum atomic E-state index is 0.307. The monoisotopic (exact) mass is 254 g/mol. The molecule has 4 nitrogen and oxygen atoms in total. The van der Waals surface area contributed by atoms with Crippen molar-refractivity contribution in [3.63, 3.8) is 0 Å². The molecule has 1 aliphatic rings. The Kier molecular flexibility index (Phi) is 3.07. The number of nitrogens with zero attached hydrogens (tertiary/aromatic N) is 2. The molecule has 3 rings (SSSR count). The number of aryl methyl sites for hydroxylation is 2. The second-order valence-corrected chi connectivity index (χ2v) is 5.11. The van der Waals surface area contributed by atoms with E-state index in [4.69, 9.17) is 5.73 Å². The standard InChI is InChI=1S/C15H18N4/c1-10-5-8-15(19-18-10)17-14-4-2-3-11-9-12(16)6-7-13(11)14/h5-9,14H,2-4,16H2,1H3,(H,17,19). The molecule has 19 heavy (non-hydrogen) atoms. The first-order chi connectivity index (χ1) is 9.22. The van der Waals surface area contributed by atoms with Crippen molar-refractivity contribution in [1.82, 2.24) is 10.2 Å². The molecule has 98 valence electrons. The number of rotatable bonds is 2. The maximum atomic E-state index is 5.85. The first kappa shape index (κ1) is 12.0. The number of nitrogens with two attached hydrogens (primary N) is 1. The van der Waals surface area contributed by atoms with Gasteiger partial charge < -0.3 is 11.1 Å². The van der Waals surface area contributed by atoms with Crippen LogP contribution in [0, 0.1) is 6.92 Å². The van der Waals surface area contributed by atoms with Crippen LogP contribution in [0.1, 0.15) is 35.7 Å². The highest BCUT2D eigenvalue weighted by Gasteiger charge is 2.20. The maximum Gasteiger partial charge on any atom is 0.149 e. The number of anilines is 2. The van der Waals surface area contributed by atoms with Gasteiger partial charge in [0, 0.05) is 5.69 Å². The molecule has 0 fully saturated rings. The summed E-state index contributed by atoms with van der Waals surface area (Å²) in [6.45, 7) is 1.94. The van der Waals surface area contributed by atoms with Crippen molar-refractivity contribution in [2.45, 2.75) is 32.2 Å². The molecule has 1 aliphatic carbocycles. The molecule has 0 aliphatic heterocycles. The van der Waals surface area contributed by atoms with Crippen molar-refractivity contribution in [2.24, 2.45) is 0 Å². The van der Waals surface area contributed by atoms with E-state index < -0.39 is 0 Å². The molecule has 1 aromatic carbocycles. The van der Waals surface area contributed by atoms with Gasteiger partial charge in [0.1, 0.15) is 5.82 Å². The Labute approximate surface area is 113 Å². The Bertz CT molecular complexity index is 577. The van der Waals surface area contributed by atoms with Gasteiger partial charge in [-0.25, -0.2) is 0 Å². The summed E-state index contributed by atoms with van der Waals surface area (Å²) in [4.78, 5) is 0. The number of aromatic nitrogens is 2. The van der Waals surface area contributed by atoms with Gasteiger partial charge in [0.15, 0.2) is 0 Å². The van der Waals surface area contributed by atoms with E-state index in [0.717, 1.165) is 30.0 Å². The van der Waals surface area contributed by atoms with E-state index in [1.54, 1.807) is 0 Å². The van der Waals surface area contributed by atoms with Crippen LogP contribution in [-0.2, 0) is 6.42 Å². The summed E-state index contributed by atoms with van der Waals surface area (Å²) >= 11 is 0. The Balaban J connectivity index is 1.85. The van der Waals surface area contributed by atoms with Crippen LogP contribution in [0.4, 0.5) is 11.5 Å². The molecule has 0 saturated heterocycles. The summed E-state index contributed by atoms with van der Waals surface area (Å²) in [5, 5.41) is 11.7. The highest BCUT2D eigenvalue weighted by atomic mass is 15.2. The molecule has 2 aromatic rings. The first-order valence-corrected chi connectivity index (χ1v) is 6.67. The van der Waals surface area contributed by atoms with Gasteiger partial charge in [-0.3, -0.25) is 0 Å². The third-order valence-electron chi connectivity index (χ3n) is 3.60. The predicted molar refractivity (Wildman–Crippen MR) is 76.9 cm³/mol. The Morgan fingerprint density at radius 2 is 2.11 bits per heavy atom. The molecule has 1 aromatic heterocycles. The number of hydrogen-bond acceptors (Lipinski definition) is 4. The Morgan fingerprint density at radius 1 is 1.21 bits per heavy atom. The summed E-state index contributed by atoms with van der Waals surface area (Å²) < 4.78 is 0. The van der Waals surface area contributed by atoms with Gasteiger partial charge in [0.25, 0.3) is 0 Å². The largest absolute Gasteiger partial charge is 0.399 e. The third kappa shape index (κ3) is 2.52. The molecular weight excluding hydrogens is 236 g/mol. The lowest BCUT2D eigenvalue weighted by Crippen LogP contribution is -2.18. The molecule has 0 bridgehead atoms. The van der Waals surface area contributed by atoms with E-state index in [0.29, 0.717) is 6.04 Å². The molecule has 3 N–H and O–H groups in total. The number of benzene rings is 1.